The van der Waals surface area contributed by atoms with Crippen LogP contribution in [-0.4, -0.2) is 57.5 Å². The average Bonchev–Trinajstić information content (AvgIpc) is 3.05. The van der Waals surface area contributed by atoms with Gasteiger partial charge in [0.05, 0.1) is 24.8 Å². The predicted octanol–water partition coefficient (Wildman–Crippen LogP) is 5.76. The second-order valence-corrected chi connectivity index (χ2v) is 14.2. The molecule has 10 heteroatoms. The number of carbonyl (C=O) groups excluding carboxylic acids is 2. The van der Waals surface area contributed by atoms with Gasteiger partial charge in [0.15, 0.2) is 0 Å². The Morgan fingerprint density at radius 3 is 2.00 bits per heavy atom. The van der Waals surface area contributed by atoms with E-state index in [-0.39, 0.29) is 35.2 Å². The maximum Gasteiger partial charge on any atom is 0.264 e. The summed E-state index contributed by atoms with van der Waals surface area (Å²) < 4.78 is 40.7. The Kier molecular flexibility index (Phi) is 11.3. The highest BCUT2D eigenvalue weighted by Crippen LogP contribution is 2.36. The summed E-state index contributed by atoms with van der Waals surface area (Å²) in [6.45, 7) is 7.05. The van der Waals surface area contributed by atoms with Crippen molar-refractivity contribution in [3.05, 3.63) is 120 Å². The lowest BCUT2D eigenvalue weighted by Crippen LogP contribution is -2.56. The molecule has 0 saturated carbocycles. The van der Waals surface area contributed by atoms with Crippen LogP contribution < -0.4 is 19.1 Å². The van der Waals surface area contributed by atoms with Crippen LogP contribution in [0.25, 0.3) is 0 Å². The number of hydrogen-bond acceptors (Lipinski definition) is 6. The molecule has 0 saturated heterocycles. The first kappa shape index (κ1) is 35.0. The zero-order valence-corrected chi connectivity index (χ0v) is 28.6. The van der Waals surface area contributed by atoms with Gasteiger partial charge >= 0.3 is 0 Å². The average molecular weight is 658 g/mol. The molecule has 1 atom stereocenters. The second-order valence-electron chi connectivity index (χ2n) is 12.3. The first-order valence-electron chi connectivity index (χ1n) is 15.3. The van der Waals surface area contributed by atoms with Gasteiger partial charge in [-0.1, -0.05) is 78.4 Å². The van der Waals surface area contributed by atoms with Crippen LogP contribution >= 0.6 is 0 Å². The molecule has 4 rings (SSSR count). The van der Waals surface area contributed by atoms with E-state index in [4.69, 9.17) is 9.47 Å². The smallest absolute Gasteiger partial charge is 0.264 e. The van der Waals surface area contributed by atoms with Crippen molar-refractivity contribution in [1.82, 2.24) is 10.2 Å². The predicted molar refractivity (Wildman–Crippen MR) is 184 cm³/mol. The number of carbonyl (C=O) groups is 2. The molecule has 0 spiro atoms. The van der Waals surface area contributed by atoms with E-state index in [9.17, 15) is 18.0 Å². The molecule has 0 heterocycles. The molecule has 47 heavy (non-hydrogen) atoms. The van der Waals surface area contributed by atoms with Crippen LogP contribution in [0.4, 0.5) is 5.69 Å². The first-order valence-corrected chi connectivity index (χ1v) is 16.8. The summed E-state index contributed by atoms with van der Waals surface area (Å²) >= 11 is 0. The summed E-state index contributed by atoms with van der Waals surface area (Å²) in [4.78, 5) is 30.2. The van der Waals surface area contributed by atoms with E-state index in [0.717, 1.165) is 21.0 Å². The SMILES string of the molecule is COc1ccc(OC)c(N(CC(=O)N(Cc2ccc(C)cc2)C(Cc2ccccc2)C(=O)NC(C)(C)C)S(=O)(=O)c2ccccc2)c1. The summed E-state index contributed by atoms with van der Waals surface area (Å²) in [5.41, 5.74) is 2.23. The van der Waals surface area contributed by atoms with Crippen LogP contribution in [0, 0.1) is 6.92 Å². The monoisotopic (exact) mass is 657 g/mol. The number of anilines is 1. The number of nitrogens with zero attached hydrogens (tertiary/aromatic N) is 2. The Labute approximate surface area is 278 Å². The van der Waals surface area contributed by atoms with Gasteiger partial charge in [0.25, 0.3) is 10.0 Å². The Bertz CT molecular complexity index is 1760. The van der Waals surface area contributed by atoms with Gasteiger partial charge in [-0.15, -0.1) is 0 Å². The number of benzene rings is 4. The Hall–Kier alpha value is -4.83. The molecule has 0 aliphatic carbocycles. The van der Waals surface area contributed by atoms with Crippen LogP contribution in [0.3, 0.4) is 0 Å². The summed E-state index contributed by atoms with van der Waals surface area (Å²) in [6.07, 6.45) is 0.217. The molecule has 0 aliphatic rings. The Balaban J connectivity index is 1.87. The van der Waals surface area contributed by atoms with E-state index >= 15 is 0 Å². The summed E-state index contributed by atoms with van der Waals surface area (Å²) in [5.74, 6) is -0.308. The van der Waals surface area contributed by atoms with Crippen LogP contribution in [-0.2, 0) is 32.6 Å². The third kappa shape index (κ3) is 9.13. The van der Waals surface area contributed by atoms with Crippen LogP contribution in [0.15, 0.2) is 108 Å². The third-order valence-electron chi connectivity index (χ3n) is 7.51. The van der Waals surface area contributed by atoms with Crippen LogP contribution in [0.5, 0.6) is 11.5 Å². The highest BCUT2D eigenvalue weighted by atomic mass is 32.2. The first-order chi connectivity index (χ1) is 22.3. The maximum atomic E-state index is 14.7. The summed E-state index contributed by atoms with van der Waals surface area (Å²) in [7, 11) is -1.40. The molecule has 0 radical (unpaired) electrons. The van der Waals surface area contributed by atoms with Crippen molar-refractivity contribution in [2.45, 2.75) is 57.1 Å². The second kappa shape index (κ2) is 15.2. The van der Waals surface area contributed by atoms with Crippen molar-refractivity contribution in [2.75, 3.05) is 25.1 Å². The standard InChI is InChI=1S/C37H43N3O6S/c1-27-17-19-29(20-18-27)25-39(33(36(42)38-37(2,3)4)23-28-13-9-7-10-14-28)35(41)26-40(47(43,44)31-15-11-8-12-16-31)32-24-30(45-5)21-22-34(32)46-6/h7-22,24,33H,23,25-26H2,1-6H3,(H,38,42). The lowest BCUT2D eigenvalue weighted by atomic mass is 10.0. The zero-order chi connectivity index (χ0) is 34.2. The number of nitrogens with one attached hydrogen (secondary N) is 1. The molecule has 1 unspecified atom stereocenters. The molecule has 0 aromatic heterocycles. The number of rotatable bonds is 13. The highest BCUT2D eigenvalue weighted by molar-refractivity contribution is 7.92. The number of ether oxygens (including phenoxy) is 2. The molecular formula is C37H43N3O6S. The quantitative estimate of drug-likeness (QED) is 0.196. The van der Waals surface area contributed by atoms with E-state index in [0.29, 0.717) is 5.75 Å². The number of hydrogen-bond donors (Lipinski definition) is 1. The molecule has 1 N–H and O–H groups in total. The molecule has 4 aromatic rings. The number of amides is 2. The maximum absolute atomic E-state index is 14.7. The van der Waals surface area contributed by atoms with E-state index in [2.05, 4.69) is 5.32 Å². The van der Waals surface area contributed by atoms with Gasteiger partial charge in [-0.05, 0) is 63.1 Å². The van der Waals surface area contributed by atoms with Gasteiger partial charge < -0.3 is 19.7 Å². The molecule has 9 nitrogen and oxygen atoms in total. The fourth-order valence-corrected chi connectivity index (χ4v) is 6.56. The van der Waals surface area contributed by atoms with Gasteiger partial charge in [0.1, 0.15) is 24.1 Å². The van der Waals surface area contributed by atoms with Crippen molar-refractivity contribution >= 4 is 27.5 Å². The fourth-order valence-electron chi connectivity index (χ4n) is 5.12. The minimum Gasteiger partial charge on any atom is -0.497 e. The van der Waals surface area contributed by atoms with Gasteiger partial charge in [-0.25, -0.2) is 8.42 Å². The Morgan fingerprint density at radius 2 is 1.43 bits per heavy atom. The van der Waals surface area contributed by atoms with Crippen molar-refractivity contribution in [2.24, 2.45) is 0 Å². The van der Waals surface area contributed by atoms with Gasteiger partial charge in [0.2, 0.25) is 11.8 Å². The van der Waals surface area contributed by atoms with E-state index in [1.165, 1.54) is 37.3 Å². The van der Waals surface area contributed by atoms with Crippen LogP contribution in [0.2, 0.25) is 0 Å². The highest BCUT2D eigenvalue weighted by Gasteiger charge is 2.36. The van der Waals surface area contributed by atoms with E-state index < -0.39 is 34.1 Å². The van der Waals surface area contributed by atoms with E-state index in [1.54, 1.807) is 30.3 Å². The molecule has 4 aromatic carbocycles. The Morgan fingerprint density at radius 1 is 0.809 bits per heavy atom. The summed E-state index contributed by atoms with van der Waals surface area (Å²) in [6, 6.07) is 28.8. The lowest BCUT2D eigenvalue weighted by molar-refractivity contribution is -0.140. The molecule has 2 amide bonds. The molecule has 248 valence electrons. The van der Waals surface area contributed by atoms with Crippen molar-refractivity contribution in [1.29, 1.82) is 0 Å². The fraction of sp³-hybridized carbons (Fsp3) is 0.297. The lowest BCUT2D eigenvalue weighted by Gasteiger charge is -2.35. The van der Waals surface area contributed by atoms with Gasteiger partial charge in [-0.2, -0.15) is 0 Å². The van der Waals surface area contributed by atoms with Gasteiger partial charge in [-0.3, -0.25) is 13.9 Å². The number of methoxy groups -OCH3 is 2. The van der Waals surface area contributed by atoms with Crippen molar-refractivity contribution in [3.8, 4) is 11.5 Å². The zero-order valence-electron chi connectivity index (χ0n) is 27.8. The molecular weight excluding hydrogens is 614 g/mol. The summed E-state index contributed by atoms with van der Waals surface area (Å²) in [5, 5.41) is 3.04. The topological polar surface area (TPSA) is 105 Å². The van der Waals surface area contributed by atoms with Crippen molar-refractivity contribution in [3.63, 3.8) is 0 Å². The van der Waals surface area contributed by atoms with Gasteiger partial charge in [0, 0.05) is 24.6 Å². The molecule has 0 aliphatic heterocycles. The normalized spacial score (nSPS) is 12.1. The number of sulfonamides is 1. The molecule has 0 bridgehead atoms. The largest absolute Gasteiger partial charge is 0.497 e. The third-order valence-corrected chi connectivity index (χ3v) is 9.28. The minimum absolute atomic E-state index is 0.00549. The minimum atomic E-state index is -4.30. The van der Waals surface area contributed by atoms with E-state index in [1.807, 2.05) is 82.3 Å². The molecule has 0 fully saturated rings. The number of aryl methyl sites for hydroxylation is 1. The van der Waals surface area contributed by atoms with Crippen LogP contribution in [0.1, 0.15) is 37.5 Å². The van der Waals surface area contributed by atoms with Crippen molar-refractivity contribution < 1.29 is 27.5 Å².